The normalized spacial score (nSPS) is 13.1. The predicted molar refractivity (Wildman–Crippen MR) is 100 cm³/mol. The molecule has 0 aliphatic rings. The van der Waals surface area contributed by atoms with Crippen LogP contribution in [0.3, 0.4) is 0 Å². The lowest BCUT2D eigenvalue weighted by Gasteiger charge is -2.21. The summed E-state index contributed by atoms with van der Waals surface area (Å²) in [5.41, 5.74) is 6.15. The van der Waals surface area contributed by atoms with E-state index in [1.54, 1.807) is 19.1 Å². The fraction of sp³-hybridized carbons (Fsp3) is 0.263. The SMILES string of the molecule is Cc1nc([C@@H](CN)c2cccc(C(F)(F)CO)c2F)c2cc(Br)ccc2n1. The predicted octanol–water partition coefficient (Wildman–Crippen LogP) is 4.01. The molecule has 1 aromatic heterocycles. The molecule has 3 rings (SSSR count). The Labute approximate surface area is 162 Å². The molecule has 0 fully saturated rings. The fourth-order valence-corrected chi connectivity index (χ4v) is 3.44. The zero-order chi connectivity index (χ0) is 19.8. The van der Waals surface area contributed by atoms with Gasteiger partial charge in [0.2, 0.25) is 0 Å². The molecule has 3 N–H and O–H groups in total. The van der Waals surface area contributed by atoms with Crippen molar-refractivity contribution >= 4 is 26.8 Å². The maximum Gasteiger partial charge on any atom is 0.298 e. The van der Waals surface area contributed by atoms with Crippen LogP contribution in [0.4, 0.5) is 13.2 Å². The fourth-order valence-electron chi connectivity index (χ4n) is 3.08. The summed E-state index contributed by atoms with van der Waals surface area (Å²) in [4.78, 5) is 8.79. The van der Waals surface area contributed by atoms with E-state index < -0.39 is 29.8 Å². The van der Waals surface area contributed by atoms with Crippen molar-refractivity contribution in [2.75, 3.05) is 13.2 Å². The number of aromatic nitrogens is 2. The minimum Gasteiger partial charge on any atom is -0.390 e. The number of aryl methyl sites for hydroxylation is 1. The molecule has 4 nitrogen and oxygen atoms in total. The van der Waals surface area contributed by atoms with Gasteiger partial charge in [0.1, 0.15) is 18.2 Å². The minimum absolute atomic E-state index is 0.00232. The molecule has 142 valence electrons. The molecule has 1 atom stereocenters. The van der Waals surface area contributed by atoms with Crippen LogP contribution in [0.2, 0.25) is 0 Å². The highest BCUT2D eigenvalue weighted by molar-refractivity contribution is 9.10. The van der Waals surface area contributed by atoms with Crippen molar-refractivity contribution in [1.29, 1.82) is 0 Å². The van der Waals surface area contributed by atoms with Gasteiger partial charge in [0, 0.05) is 22.3 Å². The highest BCUT2D eigenvalue weighted by Crippen LogP contribution is 2.36. The van der Waals surface area contributed by atoms with Crippen molar-refractivity contribution < 1.29 is 18.3 Å². The molecule has 0 bridgehead atoms. The minimum atomic E-state index is -3.69. The first-order chi connectivity index (χ1) is 12.8. The van der Waals surface area contributed by atoms with Crippen molar-refractivity contribution in [1.82, 2.24) is 9.97 Å². The van der Waals surface area contributed by atoms with Gasteiger partial charge < -0.3 is 10.8 Å². The van der Waals surface area contributed by atoms with Crippen LogP contribution in [0.5, 0.6) is 0 Å². The van der Waals surface area contributed by atoms with Crippen molar-refractivity contribution in [3.63, 3.8) is 0 Å². The second-order valence-electron chi connectivity index (χ2n) is 6.18. The maximum absolute atomic E-state index is 15.0. The molecule has 27 heavy (non-hydrogen) atoms. The van der Waals surface area contributed by atoms with Crippen molar-refractivity contribution in [3.8, 4) is 0 Å². The number of benzene rings is 2. The number of rotatable bonds is 5. The molecular weight excluding hydrogens is 423 g/mol. The van der Waals surface area contributed by atoms with Gasteiger partial charge in [0.15, 0.2) is 0 Å². The first-order valence-corrected chi connectivity index (χ1v) is 8.99. The van der Waals surface area contributed by atoms with Gasteiger partial charge in [0.05, 0.1) is 16.8 Å². The Morgan fingerprint density at radius 2 is 1.96 bits per heavy atom. The van der Waals surface area contributed by atoms with Crippen molar-refractivity contribution in [2.45, 2.75) is 18.8 Å². The Morgan fingerprint density at radius 3 is 2.63 bits per heavy atom. The zero-order valence-electron chi connectivity index (χ0n) is 14.4. The summed E-state index contributed by atoms with van der Waals surface area (Å²) in [6.07, 6.45) is 0. The zero-order valence-corrected chi connectivity index (χ0v) is 16.0. The number of hydrogen-bond acceptors (Lipinski definition) is 4. The lowest BCUT2D eigenvalue weighted by atomic mass is 9.90. The number of nitrogens with zero attached hydrogens (tertiary/aromatic N) is 2. The van der Waals surface area contributed by atoms with Gasteiger partial charge in [-0.1, -0.05) is 28.1 Å². The number of aliphatic hydroxyl groups is 1. The monoisotopic (exact) mass is 439 g/mol. The molecule has 3 aromatic rings. The Morgan fingerprint density at radius 1 is 1.22 bits per heavy atom. The number of aliphatic hydroxyl groups excluding tert-OH is 1. The Hall–Kier alpha value is -2.03. The van der Waals surface area contributed by atoms with E-state index in [1.165, 1.54) is 12.1 Å². The van der Waals surface area contributed by atoms with Crippen LogP contribution in [0.1, 0.15) is 28.6 Å². The molecular formula is C19H17BrF3N3O. The topological polar surface area (TPSA) is 72.0 Å². The van der Waals surface area contributed by atoms with E-state index in [9.17, 15) is 13.2 Å². The number of fused-ring (bicyclic) bond motifs is 1. The van der Waals surface area contributed by atoms with Crippen LogP contribution < -0.4 is 5.73 Å². The Kier molecular flexibility index (Phi) is 5.50. The van der Waals surface area contributed by atoms with Crippen LogP contribution in [-0.4, -0.2) is 28.2 Å². The summed E-state index contributed by atoms with van der Waals surface area (Å²) in [6, 6.07) is 9.09. The average molecular weight is 440 g/mol. The maximum atomic E-state index is 15.0. The van der Waals surface area contributed by atoms with E-state index in [1.807, 2.05) is 6.07 Å². The highest BCUT2D eigenvalue weighted by Gasteiger charge is 2.35. The van der Waals surface area contributed by atoms with Crippen LogP contribution in [0.25, 0.3) is 10.9 Å². The molecule has 0 saturated heterocycles. The largest absolute Gasteiger partial charge is 0.390 e. The van der Waals surface area contributed by atoms with Crippen LogP contribution in [-0.2, 0) is 5.92 Å². The highest BCUT2D eigenvalue weighted by atomic mass is 79.9. The molecule has 0 aliphatic carbocycles. The quantitative estimate of drug-likeness (QED) is 0.629. The molecule has 1 heterocycles. The van der Waals surface area contributed by atoms with E-state index in [4.69, 9.17) is 10.8 Å². The molecule has 0 aliphatic heterocycles. The lowest BCUT2D eigenvalue weighted by Crippen LogP contribution is -2.23. The summed E-state index contributed by atoms with van der Waals surface area (Å²) >= 11 is 3.39. The van der Waals surface area contributed by atoms with Crippen molar-refractivity contribution in [3.05, 3.63) is 69.3 Å². The molecule has 0 unspecified atom stereocenters. The van der Waals surface area contributed by atoms with Gasteiger partial charge in [-0.25, -0.2) is 14.4 Å². The standard InChI is InChI=1S/C19H17BrF3N3O/c1-10-25-16-6-5-11(20)7-13(16)18(26-10)14(8-24)12-3-2-4-15(17(12)21)19(22,23)9-27/h2-7,14,27H,8-9,24H2,1H3/t14-/m0/s1. The van der Waals surface area contributed by atoms with Gasteiger partial charge >= 0.3 is 0 Å². The first-order valence-electron chi connectivity index (χ1n) is 8.20. The van der Waals surface area contributed by atoms with E-state index in [0.29, 0.717) is 22.4 Å². The van der Waals surface area contributed by atoms with Crippen LogP contribution in [0.15, 0.2) is 40.9 Å². The Bertz CT molecular complexity index is 997. The van der Waals surface area contributed by atoms with Gasteiger partial charge in [-0.2, -0.15) is 8.78 Å². The average Bonchev–Trinajstić information content (AvgIpc) is 2.64. The molecule has 0 amide bonds. The number of hydrogen-bond donors (Lipinski definition) is 2. The molecule has 0 saturated carbocycles. The number of alkyl halides is 2. The summed E-state index contributed by atoms with van der Waals surface area (Å²) in [5.74, 6) is -5.06. The third-order valence-corrected chi connectivity index (χ3v) is 4.85. The Balaban J connectivity index is 2.24. The molecule has 0 radical (unpaired) electrons. The van der Waals surface area contributed by atoms with Gasteiger partial charge in [0.25, 0.3) is 5.92 Å². The second-order valence-corrected chi connectivity index (χ2v) is 7.09. The van der Waals surface area contributed by atoms with Gasteiger partial charge in [-0.15, -0.1) is 0 Å². The van der Waals surface area contributed by atoms with Crippen molar-refractivity contribution in [2.24, 2.45) is 5.73 Å². The molecule has 8 heteroatoms. The van der Waals surface area contributed by atoms with Crippen LogP contribution >= 0.6 is 15.9 Å². The van der Waals surface area contributed by atoms with Crippen LogP contribution in [0, 0.1) is 12.7 Å². The van der Waals surface area contributed by atoms with E-state index in [2.05, 4.69) is 25.9 Å². The first kappa shape index (κ1) is 19.7. The van der Waals surface area contributed by atoms with Gasteiger partial charge in [-0.3, -0.25) is 0 Å². The summed E-state index contributed by atoms with van der Waals surface area (Å²) in [7, 11) is 0. The summed E-state index contributed by atoms with van der Waals surface area (Å²) < 4.78 is 43.6. The summed E-state index contributed by atoms with van der Waals surface area (Å²) in [5, 5.41) is 9.57. The smallest absolute Gasteiger partial charge is 0.298 e. The number of halogens is 4. The van der Waals surface area contributed by atoms with Gasteiger partial charge in [-0.05, 0) is 36.8 Å². The molecule has 2 aromatic carbocycles. The number of nitrogens with two attached hydrogens (primary N) is 1. The molecule has 0 spiro atoms. The van der Waals surface area contributed by atoms with E-state index in [-0.39, 0.29) is 12.1 Å². The van der Waals surface area contributed by atoms with E-state index >= 15 is 0 Å². The third-order valence-electron chi connectivity index (χ3n) is 4.36. The summed E-state index contributed by atoms with van der Waals surface area (Å²) in [6.45, 7) is 0.178. The second kappa shape index (κ2) is 7.53. The lowest BCUT2D eigenvalue weighted by molar-refractivity contribution is -0.0583. The third kappa shape index (κ3) is 3.69. The van der Waals surface area contributed by atoms with E-state index in [0.717, 1.165) is 10.5 Å².